The van der Waals surface area contributed by atoms with Gasteiger partial charge in [-0.3, -0.25) is 18.6 Å². The van der Waals surface area contributed by atoms with E-state index < -0.39 is 0 Å². The molecule has 0 radical (unpaired) electrons. The van der Waals surface area contributed by atoms with Crippen LogP contribution in [0.15, 0.2) is 62.4 Å². The predicted molar refractivity (Wildman–Crippen MR) is 126 cm³/mol. The van der Waals surface area contributed by atoms with Crippen LogP contribution in [0.3, 0.4) is 0 Å². The van der Waals surface area contributed by atoms with Crippen LogP contribution in [0.25, 0.3) is 16.0 Å². The quantitative estimate of drug-likeness (QED) is 0.380. The highest BCUT2D eigenvalue weighted by atomic mass is 32.2. The SMILES string of the molecule is Cc1ccc(C)c(NC(=O)CSc2nnc3n(Cc4ccco4)c(=O)c4sccc4n23)c1. The molecular formula is C22H19N5O3S2. The first-order chi connectivity index (χ1) is 15.5. The first kappa shape index (κ1) is 20.5. The molecule has 32 heavy (non-hydrogen) atoms. The number of benzene rings is 1. The van der Waals surface area contributed by atoms with Crippen LogP contribution < -0.4 is 10.9 Å². The Labute approximate surface area is 190 Å². The Morgan fingerprint density at radius 1 is 1.22 bits per heavy atom. The van der Waals surface area contributed by atoms with Gasteiger partial charge in [0.15, 0.2) is 5.16 Å². The highest BCUT2D eigenvalue weighted by Gasteiger charge is 2.19. The normalized spacial score (nSPS) is 11.4. The second-order valence-electron chi connectivity index (χ2n) is 7.38. The minimum Gasteiger partial charge on any atom is -0.467 e. The molecule has 0 unspecified atom stereocenters. The molecule has 0 aliphatic carbocycles. The third kappa shape index (κ3) is 3.71. The summed E-state index contributed by atoms with van der Waals surface area (Å²) in [4.78, 5) is 25.6. The highest BCUT2D eigenvalue weighted by Crippen LogP contribution is 2.25. The number of carbonyl (C=O) groups excluding carboxylic acids is 1. The number of nitrogens with one attached hydrogen (secondary N) is 1. The average molecular weight is 466 g/mol. The zero-order valence-electron chi connectivity index (χ0n) is 17.4. The van der Waals surface area contributed by atoms with Gasteiger partial charge in [0.2, 0.25) is 11.7 Å². The van der Waals surface area contributed by atoms with Crippen LogP contribution >= 0.6 is 23.1 Å². The number of fused-ring (bicyclic) bond motifs is 3. The van der Waals surface area contributed by atoms with Gasteiger partial charge in [0, 0.05) is 5.69 Å². The van der Waals surface area contributed by atoms with E-state index in [9.17, 15) is 9.59 Å². The predicted octanol–water partition coefficient (Wildman–Crippen LogP) is 4.09. The maximum atomic E-state index is 13.0. The molecule has 162 valence electrons. The van der Waals surface area contributed by atoms with E-state index in [1.54, 1.807) is 16.9 Å². The number of amides is 1. The third-order valence-corrected chi connectivity index (χ3v) is 6.90. The van der Waals surface area contributed by atoms with Crippen molar-refractivity contribution in [2.75, 3.05) is 11.1 Å². The van der Waals surface area contributed by atoms with Gasteiger partial charge in [-0.1, -0.05) is 23.9 Å². The van der Waals surface area contributed by atoms with E-state index in [1.807, 2.05) is 54.0 Å². The summed E-state index contributed by atoms with van der Waals surface area (Å²) in [5.74, 6) is 1.09. The second-order valence-corrected chi connectivity index (χ2v) is 9.24. The largest absolute Gasteiger partial charge is 0.467 e. The van der Waals surface area contributed by atoms with E-state index in [4.69, 9.17) is 4.42 Å². The Morgan fingerprint density at radius 2 is 2.09 bits per heavy atom. The molecule has 4 aromatic heterocycles. The fraction of sp³-hybridized carbons (Fsp3) is 0.182. The highest BCUT2D eigenvalue weighted by molar-refractivity contribution is 7.99. The third-order valence-electron chi connectivity index (χ3n) is 5.08. The van der Waals surface area contributed by atoms with Gasteiger partial charge >= 0.3 is 0 Å². The van der Waals surface area contributed by atoms with E-state index >= 15 is 0 Å². The smallest absolute Gasteiger partial charge is 0.273 e. The topological polar surface area (TPSA) is 94.4 Å². The lowest BCUT2D eigenvalue weighted by molar-refractivity contribution is -0.113. The van der Waals surface area contributed by atoms with E-state index in [0.29, 0.717) is 21.4 Å². The number of thioether (sulfide) groups is 1. The van der Waals surface area contributed by atoms with Crippen LogP contribution in [0, 0.1) is 13.8 Å². The van der Waals surface area contributed by atoms with E-state index in [0.717, 1.165) is 22.3 Å². The molecule has 10 heteroatoms. The van der Waals surface area contributed by atoms with Gasteiger partial charge < -0.3 is 9.73 Å². The van der Waals surface area contributed by atoms with Gasteiger partial charge in [-0.15, -0.1) is 21.5 Å². The summed E-state index contributed by atoms with van der Waals surface area (Å²) < 4.78 is 9.40. The lowest BCUT2D eigenvalue weighted by atomic mass is 10.1. The molecule has 1 N–H and O–H groups in total. The van der Waals surface area contributed by atoms with Crippen molar-refractivity contribution in [3.8, 4) is 0 Å². The van der Waals surface area contributed by atoms with Crippen molar-refractivity contribution in [1.29, 1.82) is 0 Å². The Bertz CT molecular complexity index is 1500. The molecule has 1 amide bonds. The standard InChI is InChI=1S/C22H19N5O3S2/c1-13-5-6-14(2)16(10-13)23-18(28)12-32-22-25-24-21-26(11-15-4-3-8-30-15)20(29)19-17(27(21)22)7-9-31-19/h3-10H,11-12H2,1-2H3,(H,23,28). The molecule has 1 aromatic carbocycles. The zero-order chi connectivity index (χ0) is 22.2. The number of hydrogen-bond acceptors (Lipinski definition) is 7. The van der Waals surface area contributed by atoms with Crippen molar-refractivity contribution in [1.82, 2.24) is 19.2 Å². The maximum absolute atomic E-state index is 13.0. The summed E-state index contributed by atoms with van der Waals surface area (Å²) in [6.07, 6.45) is 1.57. The second kappa shape index (κ2) is 8.29. The van der Waals surface area contributed by atoms with E-state index in [2.05, 4.69) is 15.5 Å². The summed E-state index contributed by atoms with van der Waals surface area (Å²) in [6.45, 7) is 4.19. The molecule has 0 bridgehead atoms. The molecule has 4 heterocycles. The summed E-state index contributed by atoms with van der Waals surface area (Å²) in [7, 11) is 0. The number of rotatable bonds is 6. The first-order valence-electron chi connectivity index (χ1n) is 9.88. The lowest BCUT2D eigenvalue weighted by Crippen LogP contribution is -2.23. The van der Waals surface area contributed by atoms with Gasteiger partial charge in [0.25, 0.3) is 5.56 Å². The summed E-state index contributed by atoms with van der Waals surface area (Å²) in [5.41, 5.74) is 3.47. The molecular weight excluding hydrogens is 446 g/mol. The van der Waals surface area contributed by atoms with Crippen molar-refractivity contribution < 1.29 is 9.21 Å². The Hall–Kier alpha value is -3.37. The van der Waals surface area contributed by atoms with Crippen LogP contribution in [-0.4, -0.2) is 30.8 Å². The minimum absolute atomic E-state index is 0.133. The number of hydrogen-bond donors (Lipinski definition) is 1. The van der Waals surface area contributed by atoms with Crippen molar-refractivity contribution in [3.63, 3.8) is 0 Å². The Morgan fingerprint density at radius 3 is 2.91 bits per heavy atom. The number of carbonyl (C=O) groups is 1. The van der Waals surface area contributed by atoms with Crippen LogP contribution in [0.5, 0.6) is 0 Å². The molecule has 0 saturated carbocycles. The summed E-state index contributed by atoms with van der Waals surface area (Å²) in [6, 6.07) is 11.4. The summed E-state index contributed by atoms with van der Waals surface area (Å²) in [5, 5.41) is 13.9. The number of thiophene rings is 1. The molecule has 8 nitrogen and oxygen atoms in total. The fourth-order valence-electron chi connectivity index (χ4n) is 3.48. The molecule has 5 rings (SSSR count). The Kier molecular flexibility index (Phi) is 5.32. The van der Waals surface area contributed by atoms with Gasteiger partial charge in [-0.2, -0.15) is 0 Å². The molecule has 0 aliphatic heterocycles. The lowest BCUT2D eigenvalue weighted by Gasteiger charge is -2.10. The molecule has 0 fully saturated rings. The minimum atomic E-state index is -0.143. The van der Waals surface area contributed by atoms with E-state index in [-0.39, 0.29) is 23.8 Å². The maximum Gasteiger partial charge on any atom is 0.273 e. The van der Waals surface area contributed by atoms with Crippen LogP contribution in [0.2, 0.25) is 0 Å². The number of aryl methyl sites for hydroxylation is 2. The van der Waals surface area contributed by atoms with Gasteiger partial charge in [-0.05, 0) is 54.6 Å². The van der Waals surface area contributed by atoms with Crippen LogP contribution in [0.1, 0.15) is 16.9 Å². The number of anilines is 1. The van der Waals surface area contributed by atoms with Crippen molar-refractivity contribution >= 4 is 50.7 Å². The van der Waals surface area contributed by atoms with Crippen LogP contribution in [-0.2, 0) is 11.3 Å². The fourth-order valence-corrected chi connectivity index (χ4v) is 5.05. The number of aromatic nitrogens is 4. The average Bonchev–Trinajstić information content (AvgIpc) is 3.52. The zero-order valence-corrected chi connectivity index (χ0v) is 19.0. The molecule has 0 aliphatic rings. The van der Waals surface area contributed by atoms with Crippen molar-refractivity contribution in [2.45, 2.75) is 25.5 Å². The van der Waals surface area contributed by atoms with E-state index in [1.165, 1.54) is 23.1 Å². The number of furan rings is 1. The monoisotopic (exact) mass is 465 g/mol. The Balaban J connectivity index is 1.46. The van der Waals surface area contributed by atoms with Gasteiger partial charge in [0.1, 0.15) is 10.5 Å². The van der Waals surface area contributed by atoms with Gasteiger partial charge in [0.05, 0.1) is 24.1 Å². The van der Waals surface area contributed by atoms with Crippen LogP contribution in [0.4, 0.5) is 5.69 Å². The molecule has 0 saturated heterocycles. The molecule has 0 spiro atoms. The first-order valence-corrected chi connectivity index (χ1v) is 11.7. The number of nitrogens with zero attached hydrogens (tertiary/aromatic N) is 4. The summed E-state index contributed by atoms with van der Waals surface area (Å²) >= 11 is 2.65. The van der Waals surface area contributed by atoms with Crippen molar-refractivity contribution in [2.24, 2.45) is 0 Å². The molecule has 0 atom stereocenters. The molecule has 5 aromatic rings. The van der Waals surface area contributed by atoms with Crippen molar-refractivity contribution in [3.05, 3.63) is 75.3 Å². The van der Waals surface area contributed by atoms with Gasteiger partial charge in [-0.25, -0.2) is 0 Å².